The van der Waals surface area contributed by atoms with E-state index in [1.165, 1.54) is 6.21 Å². The highest BCUT2D eigenvalue weighted by Crippen LogP contribution is 2.27. The Labute approximate surface area is 169 Å². The molecule has 0 radical (unpaired) electrons. The van der Waals surface area contributed by atoms with Gasteiger partial charge in [-0.2, -0.15) is 5.10 Å². The Bertz CT molecular complexity index is 850. The lowest BCUT2D eigenvalue weighted by Crippen LogP contribution is -2.20. The number of nitrogens with one attached hydrogen (secondary N) is 2. The van der Waals surface area contributed by atoms with Crippen molar-refractivity contribution in [3.05, 3.63) is 48.0 Å². The van der Waals surface area contributed by atoms with Crippen LogP contribution in [-0.4, -0.2) is 38.9 Å². The fraction of sp³-hybridized carbons (Fsp3) is 0.286. The zero-order chi connectivity index (χ0) is 21.1. The van der Waals surface area contributed by atoms with E-state index in [2.05, 4.69) is 15.8 Å². The number of hydrogen-bond donors (Lipinski definition) is 2. The second kappa shape index (κ2) is 11.3. The summed E-state index contributed by atoms with van der Waals surface area (Å²) in [5.41, 5.74) is 3.78. The predicted octanol–water partition coefficient (Wildman–Crippen LogP) is 2.97. The Balaban J connectivity index is 1.78. The summed E-state index contributed by atoms with van der Waals surface area (Å²) in [5.74, 6) is 1.30. The minimum absolute atomic E-state index is 0.0198. The van der Waals surface area contributed by atoms with Gasteiger partial charge in [0.25, 0.3) is 0 Å². The number of amides is 2. The number of methoxy groups -OCH3 is 2. The summed E-state index contributed by atoms with van der Waals surface area (Å²) >= 11 is 0. The molecule has 154 valence electrons. The van der Waals surface area contributed by atoms with Crippen LogP contribution in [0.1, 0.15) is 25.3 Å². The molecule has 0 spiro atoms. The molecule has 0 aliphatic rings. The van der Waals surface area contributed by atoms with Crippen LogP contribution in [0.5, 0.6) is 17.2 Å². The first-order valence-corrected chi connectivity index (χ1v) is 9.12. The van der Waals surface area contributed by atoms with Gasteiger partial charge >= 0.3 is 0 Å². The zero-order valence-corrected chi connectivity index (χ0v) is 16.7. The Morgan fingerprint density at radius 2 is 1.69 bits per heavy atom. The van der Waals surface area contributed by atoms with Crippen molar-refractivity contribution in [2.75, 3.05) is 26.1 Å². The average Bonchev–Trinajstić information content (AvgIpc) is 2.74. The SMILES string of the molecule is CCOc1ccc(C=NNC(=O)CCC(=O)Nc2ccc(OC)cc2)cc1OC. The van der Waals surface area contributed by atoms with Crippen molar-refractivity contribution >= 4 is 23.7 Å². The summed E-state index contributed by atoms with van der Waals surface area (Å²) in [7, 11) is 3.12. The molecule has 0 atom stereocenters. The lowest BCUT2D eigenvalue weighted by molar-refractivity contribution is -0.124. The summed E-state index contributed by atoms with van der Waals surface area (Å²) in [6, 6.07) is 12.3. The fourth-order valence-corrected chi connectivity index (χ4v) is 2.40. The second-order valence-corrected chi connectivity index (χ2v) is 5.91. The third-order valence-electron chi connectivity index (χ3n) is 3.84. The van der Waals surface area contributed by atoms with Crippen molar-refractivity contribution in [2.24, 2.45) is 5.10 Å². The van der Waals surface area contributed by atoms with Crippen LogP contribution in [0.2, 0.25) is 0 Å². The number of ether oxygens (including phenoxy) is 3. The van der Waals surface area contributed by atoms with Crippen molar-refractivity contribution in [2.45, 2.75) is 19.8 Å². The van der Waals surface area contributed by atoms with Crippen molar-refractivity contribution in [1.29, 1.82) is 0 Å². The molecule has 8 nitrogen and oxygen atoms in total. The van der Waals surface area contributed by atoms with E-state index < -0.39 is 0 Å². The second-order valence-electron chi connectivity index (χ2n) is 5.91. The standard InChI is InChI=1S/C21H25N3O5/c1-4-29-18-10-5-15(13-19(18)28-3)14-22-24-21(26)12-11-20(25)23-16-6-8-17(27-2)9-7-16/h5-10,13-14H,4,11-12H2,1-3H3,(H,23,25)(H,24,26). The first-order chi connectivity index (χ1) is 14.0. The van der Waals surface area contributed by atoms with E-state index in [0.717, 1.165) is 5.56 Å². The summed E-state index contributed by atoms with van der Waals surface area (Å²) in [6.45, 7) is 2.42. The van der Waals surface area contributed by atoms with Crippen molar-refractivity contribution in [3.63, 3.8) is 0 Å². The topological polar surface area (TPSA) is 98.2 Å². The highest BCUT2D eigenvalue weighted by Gasteiger charge is 2.07. The van der Waals surface area contributed by atoms with Crippen LogP contribution in [0.4, 0.5) is 5.69 Å². The first kappa shape index (κ1) is 21.7. The maximum absolute atomic E-state index is 11.9. The van der Waals surface area contributed by atoms with E-state index in [-0.39, 0.29) is 24.7 Å². The quantitative estimate of drug-likeness (QED) is 0.473. The average molecular weight is 399 g/mol. The third-order valence-corrected chi connectivity index (χ3v) is 3.84. The van der Waals surface area contributed by atoms with Gasteiger partial charge in [-0.15, -0.1) is 0 Å². The lowest BCUT2D eigenvalue weighted by Gasteiger charge is -2.09. The number of nitrogens with zero attached hydrogens (tertiary/aromatic N) is 1. The molecule has 2 aromatic rings. The minimum Gasteiger partial charge on any atom is -0.497 e. The molecule has 2 rings (SSSR count). The molecule has 0 aliphatic heterocycles. The van der Waals surface area contributed by atoms with E-state index in [4.69, 9.17) is 14.2 Å². The monoisotopic (exact) mass is 399 g/mol. The van der Waals surface area contributed by atoms with E-state index >= 15 is 0 Å². The summed E-state index contributed by atoms with van der Waals surface area (Å²) < 4.78 is 15.8. The van der Waals surface area contributed by atoms with Crippen LogP contribution in [0.25, 0.3) is 0 Å². The summed E-state index contributed by atoms with van der Waals surface area (Å²) in [4.78, 5) is 23.8. The highest BCUT2D eigenvalue weighted by atomic mass is 16.5. The molecular formula is C21H25N3O5. The van der Waals surface area contributed by atoms with Crippen LogP contribution in [0.3, 0.4) is 0 Å². The van der Waals surface area contributed by atoms with E-state index in [0.29, 0.717) is 29.5 Å². The maximum atomic E-state index is 11.9. The number of carbonyl (C=O) groups excluding carboxylic acids is 2. The molecule has 8 heteroatoms. The van der Waals surface area contributed by atoms with Gasteiger partial charge in [0, 0.05) is 18.5 Å². The number of hydrogen-bond acceptors (Lipinski definition) is 6. The van der Waals surface area contributed by atoms with Gasteiger partial charge in [-0.3, -0.25) is 9.59 Å². The van der Waals surface area contributed by atoms with Crippen molar-refractivity contribution < 1.29 is 23.8 Å². The molecular weight excluding hydrogens is 374 g/mol. The van der Waals surface area contributed by atoms with E-state index in [9.17, 15) is 9.59 Å². The smallest absolute Gasteiger partial charge is 0.240 e. The Hall–Kier alpha value is -3.55. The molecule has 0 unspecified atom stereocenters. The van der Waals surface area contributed by atoms with Crippen LogP contribution < -0.4 is 25.0 Å². The van der Waals surface area contributed by atoms with Crippen LogP contribution in [0, 0.1) is 0 Å². The molecule has 29 heavy (non-hydrogen) atoms. The predicted molar refractivity (Wildman–Crippen MR) is 111 cm³/mol. The normalized spacial score (nSPS) is 10.4. The Morgan fingerprint density at radius 1 is 0.966 bits per heavy atom. The van der Waals surface area contributed by atoms with Crippen molar-refractivity contribution in [1.82, 2.24) is 5.43 Å². The van der Waals surface area contributed by atoms with Crippen LogP contribution in [0.15, 0.2) is 47.6 Å². The fourth-order valence-electron chi connectivity index (χ4n) is 2.40. The molecule has 0 heterocycles. The van der Waals surface area contributed by atoms with Gasteiger partial charge in [-0.05, 0) is 55.0 Å². The molecule has 2 N–H and O–H groups in total. The molecule has 0 saturated carbocycles. The third kappa shape index (κ3) is 7.17. The van der Waals surface area contributed by atoms with Gasteiger partial charge in [-0.25, -0.2) is 5.43 Å². The van der Waals surface area contributed by atoms with E-state index in [1.54, 1.807) is 56.7 Å². The van der Waals surface area contributed by atoms with Gasteiger partial charge in [-0.1, -0.05) is 0 Å². The molecule has 0 aromatic heterocycles. The first-order valence-electron chi connectivity index (χ1n) is 9.12. The van der Waals surface area contributed by atoms with Gasteiger partial charge in [0.15, 0.2) is 11.5 Å². The molecule has 0 fully saturated rings. The molecule has 2 aromatic carbocycles. The largest absolute Gasteiger partial charge is 0.497 e. The molecule has 0 bridgehead atoms. The Kier molecular flexibility index (Phi) is 8.50. The van der Waals surface area contributed by atoms with Gasteiger partial charge < -0.3 is 19.5 Å². The summed E-state index contributed by atoms with van der Waals surface area (Å²) in [6.07, 6.45) is 1.56. The van der Waals surface area contributed by atoms with Gasteiger partial charge in [0.2, 0.25) is 11.8 Å². The molecule has 0 saturated heterocycles. The number of carbonyl (C=O) groups is 2. The zero-order valence-electron chi connectivity index (χ0n) is 16.7. The number of benzene rings is 2. The summed E-state index contributed by atoms with van der Waals surface area (Å²) in [5, 5.41) is 6.63. The maximum Gasteiger partial charge on any atom is 0.240 e. The van der Waals surface area contributed by atoms with E-state index in [1.807, 2.05) is 6.92 Å². The van der Waals surface area contributed by atoms with Crippen LogP contribution in [-0.2, 0) is 9.59 Å². The van der Waals surface area contributed by atoms with Gasteiger partial charge in [0.1, 0.15) is 5.75 Å². The lowest BCUT2D eigenvalue weighted by atomic mass is 10.2. The Morgan fingerprint density at radius 3 is 2.34 bits per heavy atom. The number of rotatable bonds is 10. The van der Waals surface area contributed by atoms with Crippen LogP contribution >= 0.6 is 0 Å². The molecule has 2 amide bonds. The van der Waals surface area contributed by atoms with Crippen molar-refractivity contribution in [3.8, 4) is 17.2 Å². The molecule has 0 aliphatic carbocycles. The minimum atomic E-state index is -0.357. The van der Waals surface area contributed by atoms with Gasteiger partial charge in [0.05, 0.1) is 27.0 Å². The number of anilines is 1. The highest BCUT2D eigenvalue weighted by molar-refractivity contribution is 5.93. The number of hydrazone groups is 1.